The van der Waals surface area contributed by atoms with Crippen LogP contribution >= 0.6 is 12.6 Å². The predicted octanol–water partition coefficient (Wildman–Crippen LogP) is 0.531. The number of thiol groups is 1. The topological polar surface area (TPSA) is 151 Å². The third-order valence-electron chi connectivity index (χ3n) is 5.40. The minimum Gasteiger partial charge on any atom is -0.480 e. The molecule has 0 saturated heterocycles. The zero-order valence-corrected chi connectivity index (χ0v) is 19.7. The lowest BCUT2D eigenvalue weighted by molar-refractivity contribution is -0.143. The summed E-state index contributed by atoms with van der Waals surface area (Å²) in [5.74, 6) is -3.40. The van der Waals surface area contributed by atoms with E-state index in [9.17, 15) is 24.3 Å². The highest BCUT2D eigenvalue weighted by atomic mass is 32.1. The van der Waals surface area contributed by atoms with Crippen molar-refractivity contribution >= 4 is 36.3 Å². The van der Waals surface area contributed by atoms with Crippen molar-refractivity contribution in [3.8, 4) is 0 Å². The molecule has 6 N–H and O–H groups in total. The summed E-state index contributed by atoms with van der Waals surface area (Å²) in [5.41, 5.74) is 5.97. The SMILES string of the molecule is CCC(C)C(N)C(=O)NC(C(=O)NC(CS)C(=O)NC(C(=O)O)C(C)C)C(C)CC. The van der Waals surface area contributed by atoms with E-state index >= 15 is 0 Å². The normalized spacial score (nSPS) is 17.2. The second-order valence-electron chi connectivity index (χ2n) is 8.10. The molecule has 6 unspecified atom stereocenters. The third kappa shape index (κ3) is 8.51. The second-order valence-corrected chi connectivity index (χ2v) is 8.46. The van der Waals surface area contributed by atoms with Gasteiger partial charge in [-0.05, 0) is 17.8 Å². The number of hydrogen-bond acceptors (Lipinski definition) is 6. The highest BCUT2D eigenvalue weighted by Crippen LogP contribution is 2.11. The van der Waals surface area contributed by atoms with Crippen molar-refractivity contribution < 1.29 is 24.3 Å². The monoisotopic (exact) mass is 446 g/mol. The minimum atomic E-state index is -1.16. The average molecular weight is 447 g/mol. The Morgan fingerprint density at radius 1 is 0.833 bits per heavy atom. The van der Waals surface area contributed by atoms with Crippen LogP contribution in [0.25, 0.3) is 0 Å². The van der Waals surface area contributed by atoms with E-state index in [1.54, 1.807) is 13.8 Å². The predicted molar refractivity (Wildman–Crippen MR) is 119 cm³/mol. The van der Waals surface area contributed by atoms with Gasteiger partial charge in [0.15, 0.2) is 0 Å². The fraction of sp³-hybridized carbons (Fsp3) is 0.800. The number of carbonyl (C=O) groups excluding carboxylic acids is 3. The molecular weight excluding hydrogens is 408 g/mol. The molecule has 10 heteroatoms. The first kappa shape index (κ1) is 28.2. The number of amides is 3. The molecule has 0 saturated carbocycles. The van der Waals surface area contributed by atoms with Gasteiger partial charge in [0.2, 0.25) is 17.7 Å². The quantitative estimate of drug-likeness (QED) is 0.227. The van der Waals surface area contributed by atoms with Crippen molar-refractivity contribution in [3.05, 3.63) is 0 Å². The van der Waals surface area contributed by atoms with Gasteiger partial charge in [-0.1, -0.05) is 54.4 Å². The molecule has 174 valence electrons. The maximum Gasteiger partial charge on any atom is 0.326 e. The average Bonchev–Trinajstić information content (AvgIpc) is 2.70. The summed E-state index contributed by atoms with van der Waals surface area (Å²) in [7, 11) is 0. The fourth-order valence-corrected chi connectivity index (χ4v) is 2.94. The van der Waals surface area contributed by atoms with E-state index in [1.807, 2.05) is 27.7 Å². The van der Waals surface area contributed by atoms with E-state index in [-0.39, 0.29) is 23.5 Å². The van der Waals surface area contributed by atoms with Crippen LogP contribution in [0.5, 0.6) is 0 Å². The Kier molecular flexibility index (Phi) is 12.7. The van der Waals surface area contributed by atoms with E-state index < -0.39 is 47.9 Å². The number of carboxylic acid groups (broad SMARTS) is 1. The molecule has 0 bridgehead atoms. The molecule has 6 atom stereocenters. The van der Waals surface area contributed by atoms with Crippen molar-refractivity contribution in [1.82, 2.24) is 16.0 Å². The molecule has 0 heterocycles. The smallest absolute Gasteiger partial charge is 0.326 e. The van der Waals surface area contributed by atoms with Crippen LogP contribution in [0.3, 0.4) is 0 Å². The number of rotatable bonds is 13. The van der Waals surface area contributed by atoms with Crippen molar-refractivity contribution in [2.24, 2.45) is 23.5 Å². The highest BCUT2D eigenvalue weighted by molar-refractivity contribution is 7.80. The summed E-state index contributed by atoms with van der Waals surface area (Å²) in [6, 6.07) is -3.77. The van der Waals surface area contributed by atoms with Crippen LogP contribution in [-0.2, 0) is 19.2 Å². The van der Waals surface area contributed by atoms with Gasteiger partial charge in [0.05, 0.1) is 6.04 Å². The van der Waals surface area contributed by atoms with Crippen LogP contribution in [0.4, 0.5) is 0 Å². The highest BCUT2D eigenvalue weighted by Gasteiger charge is 2.33. The van der Waals surface area contributed by atoms with Crippen LogP contribution in [0.2, 0.25) is 0 Å². The zero-order chi connectivity index (χ0) is 23.6. The molecule has 0 spiro atoms. The Labute approximate surface area is 184 Å². The van der Waals surface area contributed by atoms with Crippen molar-refractivity contribution in [2.75, 3.05) is 5.75 Å². The molecule has 0 aromatic rings. The molecule has 3 amide bonds. The lowest BCUT2D eigenvalue weighted by Gasteiger charge is -2.28. The van der Waals surface area contributed by atoms with Gasteiger partial charge in [-0.15, -0.1) is 0 Å². The van der Waals surface area contributed by atoms with E-state index in [2.05, 4.69) is 28.6 Å². The standard InChI is InChI=1S/C20H38N4O5S/c1-7-11(5)14(21)18(26)24-16(12(6)8-2)19(27)22-13(9-30)17(25)23-15(10(3)4)20(28)29/h10-16,30H,7-9,21H2,1-6H3,(H,22,27)(H,23,25)(H,24,26)(H,28,29). The molecule has 0 aromatic carbocycles. The molecule has 0 radical (unpaired) electrons. The van der Waals surface area contributed by atoms with Crippen molar-refractivity contribution in [1.29, 1.82) is 0 Å². The van der Waals surface area contributed by atoms with Gasteiger partial charge >= 0.3 is 5.97 Å². The van der Waals surface area contributed by atoms with Crippen LogP contribution in [0, 0.1) is 17.8 Å². The van der Waals surface area contributed by atoms with Gasteiger partial charge in [0, 0.05) is 5.75 Å². The van der Waals surface area contributed by atoms with Crippen LogP contribution in [-0.4, -0.2) is 58.7 Å². The number of carboxylic acids is 1. The van der Waals surface area contributed by atoms with Crippen LogP contribution < -0.4 is 21.7 Å². The van der Waals surface area contributed by atoms with Crippen LogP contribution in [0.1, 0.15) is 54.4 Å². The first-order chi connectivity index (χ1) is 13.9. The molecule has 0 aromatic heterocycles. The van der Waals surface area contributed by atoms with Crippen molar-refractivity contribution in [2.45, 2.75) is 78.6 Å². The fourth-order valence-electron chi connectivity index (χ4n) is 2.69. The number of nitrogens with two attached hydrogens (primary N) is 1. The molecule has 0 aliphatic rings. The van der Waals surface area contributed by atoms with E-state index in [0.29, 0.717) is 6.42 Å². The van der Waals surface area contributed by atoms with Gasteiger partial charge in [-0.3, -0.25) is 14.4 Å². The summed E-state index contributed by atoms with van der Waals surface area (Å²) >= 11 is 4.11. The third-order valence-corrected chi connectivity index (χ3v) is 5.76. The summed E-state index contributed by atoms with van der Waals surface area (Å²) in [6.45, 7) is 10.8. The zero-order valence-electron chi connectivity index (χ0n) is 18.8. The maximum absolute atomic E-state index is 12.9. The van der Waals surface area contributed by atoms with Gasteiger partial charge in [0.1, 0.15) is 18.1 Å². The first-order valence-electron chi connectivity index (χ1n) is 10.4. The number of aliphatic carboxylic acids is 1. The summed E-state index contributed by atoms with van der Waals surface area (Å²) in [6.07, 6.45) is 1.33. The van der Waals surface area contributed by atoms with E-state index in [0.717, 1.165) is 6.42 Å². The van der Waals surface area contributed by atoms with Gasteiger partial charge in [0.25, 0.3) is 0 Å². The molecule has 0 rings (SSSR count). The number of carbonyl (C=O) groups is 4. The molecule has 30 heavy (non-hydrogen) atoms. The lowest BCUT2D eigenvalue weighted by atomic mass is 9.95. The Morgan fingerprint density at radius 3 is 1.73 bits per heavy atom. The molecule has 0 fully saturated rings. The van der Waals surface area contributed by atoms with Crippen LogP contribution in [0.15, 0.2) is 0 Å². The summed E-state index contributed by atoms with van der Waals surface area (Å²) < 4.78 is 0. The van der Waals surface area contributed by atoms with Crippen molar-refractivity contribution in [3.63, 3.8) is 0 Å². The number of hydrogen-bond donors (Lipinski definition) is 6. The minimum absolute atomic E-state index is 0.0322. The lowest BCUT2D eigenvalue weighted by Crippen LogP contribution is -2.59. The maximum atomic E-state index is 12.9. The Hall–Kier alpha value is -1.81. The molecular formula is C20H38N4O5S. The Bertz CT molecular complexity index is 602. The first-order valence-corrected chi connectivity index (χ1v) is 11.0. The summed E-state index contributed by atoms with van der Waals surface area (Å²) in [5, 5.41) is 17.0. The molecule has 9 nitrogen and oxygen atoms in total. The second kappa shape index (κ2) is 13.5. The Morgan fingerprint density at radius 2 is 1.33 bits per heavy atom. The summed E-state index contributed by atoms with van der Waals surface area (Å²) in [4.78, 5) is 49.2. The van der Waals surface area contributed by atoms with Gasteiger partial charge in [-0.25, -0.2) is 4.79 Å². The van der Waals surface area contributed by atoms with Gasteiger partial charge < -0.3 is 26.8 Å². The molecule has 0 aliphatic heterocycles. The van der Waals surface area contributed by atoms with Gasteiger partial charge in [-0.2, -0.15) is 12.6 Å². The number of nitrogens with one attached hydrogen (secondary N) is 3. The molecule has 0 aliphatic carbocycles. The van der Waals surface area contributed by atoms with E-state index in [4.69, 9.17) is 5.73 Å². The van der Waals surface area contributed by atoms with E-state index in [1.165, 1.54) is 0 Å². The Balaban J connectivity index is 5.33. The largest absolute Gasteiger partial charge is 0.480 e.